The van der Waals surface area contributed by atoms with Crippen molar-refractivity contribution in [3.8, 4) is 0 Å². The minimum atomic E-state index is -3.44. The molecule has 0 rings (SSSR count). The first-order valence-electron chi connectivity index (χ1n) is 4.44. The van der Waals surface area contributed by atoms with Crippen molar-refractivity contribution < 1.29 is 12.7 Å². The molecule has 5 heteroatoms. The fourth-order valence-electron chi connectivity index (χ4n) is 0.914. The van der Waals surface area contributed by atoms with Crippen molar-refractivity contribution in [2.45, 2.75) is 39.5 Å². The second-order valence-corrected chi connectivity index (χ2v) is 4.49. The van der Waals surface area contributed by atoms with E-state index in [1.807, 2.05) is 13.8 Å². The summed E-state index contributed by atoms with van der Waals surface area (Å²) in [5.41, 5.74) is 0.815. The second-order valence-electron chi connectivity index (χ2n) is 2.94. The van der Waals surface area contributed by atoms with Crippen LogP contribution in [0.5, 0.6) is 0 Å². The minimum Gasteiger partial charge on any atom is -0.269 e. The molecule has 0 N–H and O–H groups in total. The maximum absolute atomic E-state index is 10.6. The Balaban J connectivity index is 4.18. The molecule has 0 fully saturated rings. The van der Waals surface area contributed by atoms with Gasteiger partial charge < -0.3 is 0 Å². The van der Waals surface area contributed by atoms with E-state index in [0.717, 1.165) is 37.7 Å². The van der Waals surface area contributed by atoms with Crippen molar-refractivity contribution in [2.24, 2.45) is 5.16 Å². The molecule has 4 nitrogen and oxygen atoms in total. The first-order valence-corrected chi connectivity index (χ1v) is 6.25. The zero-order chi connectivity index (χ0) is 10.3. The summed E-state index contributed by atoms with van der Waals surface area (Å²) in [6, 6.07) is 0. The van der Waals surface area contributed by atoms with Gasteiger partial charge in [0, 0.05) is 0 Å². The van der Waals surface area contributed by atoms with Gasteiger partial charge in [0.15, 0.2) is 0 Å². The van der Waals surface area contributed by atoms with Gasteiger partial charge in [0.1, 0.15) is 0 Å². The Morgan fingerprint density at radius 1 is 1.23 bits per heavy atom. The maximum atomic E-state index is 10.6. The van der Waals surface area contributed by atoms with Crippen LogP contribution in [-0.4, -0.2) is 20.4 Å². The van der Waals surface area contributed by atoms with Gasteiger partial charge in [0.05, 0.1) is 12.0 Å². The topological polar surface area (TPSA) is 55.7 Å². The fourth-order valence-corrected chi connectivity index (χ4v) is 1.15. The predicted octanol–water partition coefficient (Wildman–Crippen LogP) is 1.92. The van der Waals surface area contributed by atoms with Crippen molar-refractivity contribution in [3.63, 3.8) is 0 Å². The molecule has 0 bridgehead atoms. The summed E-state index contributed by atoms with van der Waals surface area (Å²) >= 11 is 0. The Kier molecular flexibility index (Phi) is 5.70. The molecule has 0 aromatic heterocycles. The second kappa shape index (κ2) is 5.96. The first kappa shape index (κ1) is 12.4. The Labute approximate surface area is 80.1 Å². The lowest BCUT2D eigenvalue weighted by molar-refractivity contribution is 0.340. The highest BCUT2D eigenvalue weighted by molar-refractivity contribution is 7.85. The molecule has 0 spiro atoms. The zero-order valence-electron chi connectivity index (χ0n) is 8.41. The average molecular weight is 207 g/mol. The number of hydrogen-bond acceptors (Lipinski definition) is 4. The molecule has 13 heavy (non-hydrogen) atoms. The summed E-state index contributed by atoms with van der Waals surface area (Å²) in [4.78, 5) is 0. The molecule has 0 heterocycles. The lowest BCUT2D eigenvalue weighted by atomic mass is 10.1. The van der Waals surface area contributed by atoms with Crippen LogP contribution in [0.1, 0.15) is 39.5 Å². The van der Waals surface area contributed by atoms with E-state index in [1.54, 1.807) is 0 Å². The lowest BCUT2D eigenvalue weighted by Crippen LogP contribution is -2.03. The Bertz CT molecular complexity index is 249. The quantitative estimate of drug-likeness (QED) is 0.494. The van der Waals surface area contributed by atoms with Crippen molar-refractivity contribution >= 4 is 15.8 Å². The van der Waals surface area contributed by atoms with Crippen LogP contribution in [0.15, 0.2) is 5.16 Å². The highest BCUT2D eigenvalue weighted by Gasteiger charge is 2.02. The van der Waals surface area contributed by atoms with Crippen LogP contribution in [-0.2, 0) is 14.4 Å². The van der Waals surface area contributed by atoms with E-state index in [1.165, 1.54) is 0 Å². The van der Waals surface area contributed by atoms with Gasteiger partial charge in [-0.2, -0.15) is 8.42 Å². The van der Waals surface area contributed by atoms with Crippen LogP contribution < -0.4 is 0 Å². The van der Waals surface area contributed by atoms with Gasteiger partial charge in [-0.1, -0.05) is 31.8 Å². The number of rotatable bonds is 6. The van der Waals surface area contributed by atoms with Gasteiger partial charge in [-0.05, 0) is 12.8 Å². The highest BCUT2D eigenvalue weighted by Crippen LogP contribution is 2.02. The van der Waals surface area contributed by atoms with Gasteiger partial charge in [-0.25, -0.2) is 0 Å². The third kappa shape index (κ3) is 7.77. The number of hydrogen-bond donors (Lipinski definition) is 0. The molecule has 0 unspecified atom stereocenters. The molecule has 0 saturated carbocycles. The van der Waals surface area contributed by atoms with E-state index in [0.29, 0.717) is 0 Å². The molecule has 0 aliphatic rings. The summed E-state index contributed by atoms with van der Waals surface area (Å²) in [7, 11) is -3.44. The van der Waals surface area contributed by atoms with Crippen LogP contribution in [0.25, 0.3) is 0 Å². The van der Waals surface area contributed by atoms with Gasteiger partial charge in [0.25, 0.3) is 0 Å². The molecular formula is C8H17NO3S. The highest BCUT2D eigenvalue weighted by atomic mass is 32.2. The normalized spacial score (nSPS) is 11.0. The van der Waals surface area contributed by atoms with E-state index in [9.17, 15) is 8.42 Å². The summed E-state index contributed by atoms with van der Waals surface area (Å²) in [5.74, 6) is 0. The minimum absolute atomic E-state index is 0.795. The largest absolute Gasteiger partial charge is 0.325 e. The van der Waals surface area contributed by atoms with Gasteiger partial charge >= 0.3 is 10.1 Å². The molecule has 0 aromatic rings. The number of oxime groups is 1. The SMILES string of the molecule is CCCC(CCC)=NOS(C)(=O)=O. The summed E-state index contributed by atoms with van der Waals surface area (Å²) < 4.78 is 25.6. The number of nitrogens with zero attached hydrogens (tertiary/aromatic N) is 1. The standard InChI is InChI=1S/C8H17NO3S/c1-4-6-8(7-5-2)9-12-13(3,10)11/h4-7H2,1-3H3. The maximum Gasteiger partial charge on any atom is 0.325 e. The first-order chi connectivity index (χ1) is 5.99. The molecule has 0 aliphatic carbocycles. The molecular weight excluding hydrogens is 190 g/mol. The predicted molar refractivity (Wildman–Crippen MR) is 53.2 cm³/mol. The molecule has 0 aromatic carbocycles. The lowest BCUT2D eigenvalue weighted by Gasteiger charge is -2.01. The molecule has 0 saturated heterocycles. The van der Waals surface area contributed by atoms with Crippen molar-refractivity contribution in [1.29, 1.82) is 0 Å². The van der Waals surface area contributed by atoms with Crippen LogP contribution in [0.3, 0.4) is 0 Å². The Morgan fingerprint density at radius 3 is 2.00 bits per heavy atom. The van der Waals surface area contributed by atoms with Crippen LogP contribution in [0.2, 0.25) is 0 Å². The molecule has 78 valence electrons. The van der Waals surface area contributed by atoms with Gasteiger partial charge in [-0.3, -0.25) is 4.28 Å². The van der Waals surface area contributed by atoms with Crippen LogP contribution >= 0.6 is 0 Å². The van der Waals surface area contributed by atoms with E-state index < -0.39 is 10.1 Å². The van der Waals surface area contributed by atoms with Crippen LogP contribution in [0.4, 0.5) is 0 Å². The zero-order valence-corrected chi connectivity index (χ0v) is 9.23. The van der Waals surface area contributed by atoms with Crippen molar-refractivity contribution in [1.82, 2.24) is 0 Å². The Hall–Kier alpha value is -0.580. The summed E-state index contributed by atoms with van der Waals surface area (Å²) in [6.45, 7) is 4.04. The summed E-state index contributed by atoms with van der Waals surface area (Å²) in [5, 5.41) is 3.60. The van der Waals surface area contributed by atoms with E-state index >= 15 is 0 Å². The van der Waals surface area contributed by atoms with Crippen molar-refractivity contribution in [3.05, 3.63) is 0 Å². The van der Waals surface area contributed by atoms with Gasteiger partial charge in [-0.15, -0.1) is 0 Å². The third-order valence-corrected chi connectivity index (χ3v) is 1.72. The molecule has 0 amide bonds. The fraction of sp³-hybridized carbons (Fsp3) is 0.875. The summed E-state index contributed by atoms with van der Waals surface area (Å²) in [6.07, 6.45) is 4.48. The monoisotopic (exact) mass is 207 g/mol. The molecule has 0 radical (unpaired) electrons. The Morgan fingerprint density at radius 2 is 1.69 bits per heavy atom. The molecule has 0 aliphatic heterocycles. The van der Waals surface area contributed by atoms with E-state index in [2.05, 4.69) is 9.44 Å². The van der Waals surface area contributed by atoms with E-state index in [4.69, 9.17) is 0 Å². The van der Waals surface area contributed by atoms with Gasteiger partial charge in [0.2, 0.25) is 0 Å². The van der Waals surface area contributed by atoms with Crippen LogP contribution in [0, 0.1) is 0 Å². The molecule has 0 atom stereocenters. The smallest absolute Gasteiger partial charge is 0.269 e. The van der Waals surface area contributed by atoms with Crippen molar-refractivity contribution in [2.75, 3.05) is 6.26 Å². The average Bonchev–Trinajstić information content (AvgIpc) is 2.00. The van der Waals surface area contributed by atoms with E-state index in [-0.39, 0.29) is 0 Å². The third-order valence-electron chi connectivity index (χ3n) is 1.38.